The normalized spacial score (nSPS) is 27.9. The van der Waals surface area contributed by atoms with Gasteiger partial charge in [0.1, 0.15) is 12.4 Å². The minimum Gasteiger partial charge on any atom is -0.465 e. The number of carbonyl (C=O) groups excluding carboxylic acids is 3. The zero-order chi connectivity index (χ0) is 27.2. The topological polar surface area (TPSA) is 79.4 Å². The van der Waals surface area contributed by atoms with Crippen molar-refractivity contribution in [2.24, 2.45) is 11.3 Å². The van der Waals surface area contributed by atoms with Gasteiger partial charge < -0.3 is 9.64 Å². The Morgan fingerprint density at radius 2 is 1.82 bits per heavy atom. The van der Waals surface area contributed by atoms with Crippen LogP contribution in [0.2, 0.25) is 0 Å². The summed E-state index contributed by atoms with van der Waals surface area (Å²) in [5.41, 5.74) is 2.52. The van der Waals surface area contributed by atoms with Gasteiger partial charge in [0.05, 0.1) is 25.8 Å². The van der Waals surface area contributed by atoms with Crippen LogP contribution in [-0.2, 0) is 25.6 Å². The van der Waals surface area contributed by atoms with Gasteiger partial charge in [-0.15, -0.1) is 0 Å². The standard InChI is InChI=1S/C29H34FN3O5/c1-5-38-26(34)17-32-24-15-23(27(35)31(3)37-4)29(2)16-18-8-6-7-9-21(18)22(29)14-25(24)33(28(32)36)20-12-10-19(30)11-13-20/h6-13,22-25H,5,14-17H2,1-4H3/t22?,23-,24-,25+,29+/m1/s1. The van der Waals surface area contributed by atoms with Gasteiger partial charge in [-0.05, 0) is 72.9 Å². The highest BCUT2D eigenvalue weighted by atomic mass is 19.1. The Bertz CT molecular complexity index is 1240. The lowest BCUT2D eigenvalue weighted by atomic mass is 9.67. The first-order valence-electron chi connectivity index (χ1n) is 13.1. The average molecular weight is 524 g/mol. The predicted octanol–water partition coefficient (Wildman–Crippen LogP) is 4.14. The van der Waals surface area contributed by atoms with Gasteiger partial charge in [-0.2, -0.15) is 0 Å². The molecule has 3 amide bonds. The number of halogens is 1. The number of carbonyl (C=O) groups is 3. The summed E-state index contributed by atoms with van der Waals surface area (Å²) in [6, 6.07) is 13.0. The summed E-state index contributed by atoms with van der Waals surface area (Å²) in [6.45, 7) is 3.86. The summed E-state index contributed by atoms with van der Waals surface area (Å²) < 4.78 is 19.0. The van der Waals surface area contributed by atoms with E-state index in [0.29, 0.717) is 18.5 Å². The lowest BCUT2D eigenvalue weighted by Gasteiger charge is -2.39. The van der Waals surface area contributed by atoms with Gasteiger partial charge in [0, 0.05) is 18.7 Å². The Kier molecular flexibility index (Phi) is 6.90. The number of hydrogen-bond donors (Lipinski definition) is 0. The van der Waals surface area contributed by atoms with Crippen LogP contribution in [0.25, 0.3) is 0 Å². The van der Waals surface area contributed by atoms with Crippen LogP contribution >= 0.6 is 0 Å². The highest BCUT2D eigenvalue weighted by Gasteiger charge is 2.59. The van der Waals surface area contributed by atoms with E-state index in [-0.39, 0.29) is 37.0 Å². The van der Waals surface area contributed by atoms with Crippen LogP contribution < -0.4 is 4.90 Å². The van der Waals surface area contributed by atoms with Gasteiger partial charge in [0.25, 0.3) is 0 Å². The Labute approximate surface area is 222 Å². The second-order valence-corrected chi connectivity index (χ2v) is 10.7. The number of fused-ring (bicyclic) bond motifs is 4. The van der Waals surface area contributed by atoms with Gasteiger partial charge in [-0.25, -0.2) is 14.2 Å². The molecule has 5 rings (SSSR count). The molecule has 0 radical (unpaired) electrons. The molecule has 1 heterocycles. The first kappa shape index (κ1) is 26.2. The zero-order valence-corrected chi connectivity index (χ0v) is 22.2. The molecule has 0 aromatic heterocycles. The molecule has 9 heteroatoms. The summed E-state index contributed by atoms with van der Waals surface area (Å²) in [7, 11) is 3.06. The SMILES string of the molecule is CCOC(=O)CN1C(=O)N(c2ccc(F)cc2)[C@H]2CC3c4ccccc4C[C@]3(C)[C@@H](C(=O)N(C)OC)C[C@H]21. The smallest absolute Gasteiger partial charge is 0.325 e. The van der Waals surface area contributed by atoms with Crippen LogP contribution in [0.4, 0.5) is 14.9 Å². The second kappa shape index (κ2) is 10.0. The Morgan fingerprint density at radius 3 is 2.50 bits per heavy atom. The number of nitrogens with zero attached hydrogens (tertiary/aromatic N) is 3. The molecule has 0 spiro atoms. The van der Waals surface area contributed by atoms with Crippen LogP contribution in [0.5, 0.6) is 0 Å². The van der Waals surface area contributed by atoms with E-state index in [9.17, 15) is 18.8 Å². The minimum atomic E-state index is -0.501. The molecule has 1 saturated carbocycles. The summed E-state index contributed by atoms with van der Waals surface area (Å²) in [5, 5.41) is 1.26. The maximum absolute atomic E-state index is 13.9. The number of urea groups is 1. The van der Waals surface area contributed by atoms with Crippen LogP contribution in [0, 0.1) is 17.2 Å². The Hall–Kier alpha value is -3.46. The van der Waals surface area contributed by atoms with E-state index in [1.165, 1.54) is 40.3 Å². The monoisotopic (exact) mass is 523 g/mol. The minimum absolute atomic E-state index is 0.00815. The summed E-state index contributed by atoms with van der Waals surface area (Å²) >= 11 is 0. The van der Waals surface area contributed by atoms with Gasteiger partial charge in [-0.3, -0.25) is 19.3 Å². The average Bonchev–Trinajstić information content (AvgIpc) is 3.28. The van der Waals surface area contributed by atoms with Gasteiger partial charge in [-0.1, -0.05) is 31.2 Å². The van der Waals surface area contributed by atoms with E-state index < -0.39 is 29.2 Å². The van der Waals surface area contributed by atoms with Crippen molar-refractivity contribution in [3.63, 3.8) is 0 Å². The van der Waals surface area contributed by atoms with Crippen LogP contribution in [0.1, 0.15) is 43.7 Å². The number of anilines is 1. The molecule has 2 aromatic carbocycles. The lowest BCUT2D eigenvalue weighted by Crippen LogP contribution is -2.46. The number of rotatable bonds is 6. The zero-order valence-electron chi connectivity index (χ0n) is 22.2. The van der Waals surface area contributed by atoms with E-state index in [0.717, 1.165) is 6.42 Å². The molecule has 8 nitrogen and oxygen atoms in total. The summed E-state index contributed by atoms with van der Waals surface area (Å²) in [4.78, 5) is 48.9. The van der Waals surface area contributed by atoms with Crippen molar-refractivity contribution in [1.82, 2.24) is 9.96 Å². The van der Waals surface area contributed by atoms with E-state index in [1.54, 1.807) is 31.0 Å². The molecule has 2 fully saturated rings. The van der Waals surface area contributed by atoms with Crippen molar-refractivity contribution in [1.29, 1.82) is 0 Å². The van der Waals surface area contributed by atoms with Crippen molar-refractivity contribution in [3.8, 4) is 0 Å². The van der Waals surface area contributed by atoms with Crippen LogP contribution in [-0.4, -0.2) is 67.3 Å². The fraction of sp³-hybridized carbons (Fsp3) is 0.483. The molecule has 2 aliphatic carbocycles. The molecule has 0 N–H and O–H groups in total. The maximum Gasteiger partial charge on any atom is 0.325 e. The number of ether oxygens (including phenoxy) is 1. The molecule has 1 saturated heterocycles. The van der Waals surface area contributed by atoms with E-state index in [2.05, 4.69) is 19.1 Å². The van der Waals surface area contributed by atoms with Crippen molar-refractivity contribution in [2.45, 2.75) is 51.1 Å². The molecule has 1 aliphatic heterocycles. The Morgan fingerprint density at radius 1 is 1.11 bits per heavy atom. The largest absolute Gasteiger partial charge is 0.465 e. The van der Waals surface area contributed by atoms with Gasteiger partial charge >= 0.3 is 12.0 Å². The molecular weight excluding hydrogens is 489 g/mol. The van der Waals surface area contributed by atoms with Crippen molar-refractivity contribution < 1.29 is 28.3 Å². The fourth-order valence-electron chi connectivity index (χ4n) is 6.91. The quantitative estimate of drug-likeness (QED) is 0.420. The van der Waals surface area contributed by atoms with Crippen LogP contribution in [0.15, 0.2) is 48.5 Å². The van der Waals surface area contributed by atoms with Crippen LogP contribution in [0.3, 0.4) is 0 Å². The van der Waals surface area contributed by atoms with Gasteiger partial charge in [0.15, 0.2) is 0 Å². The molecule has 202 valence electrons. The summed E-state index contributed by atoms with van der Waals surface area (Å²) in [5.74, 6) is -1.53. The van der Waals surface area contributed by atoms with Gasteiger partial charge in [0.2, 0.25) is 5.91 Å². The van der Waals surface area contributed by atoms with Crippen molar-refractivity contribution >= 4 is 23.6 Å². The number of hydroxylamine groups is 2. The molecule has 38 heavy (non-hydrogen) atoms. The lowest BCUT2D eigenvalue weighted by molar-refractivity contribution is -0.178. The van der Waals surface area contributed by atoms with E-state index in [1.807, 2.05) is 12.1 Å². The predicted molar refractivity (Wildman–Crippen MR) is 139 cm³/mol. The van der Waals surface area contributed by atoms with E-state index >= 15 is 0 Å². The third-order valence-electron chi connectivity index (χ3n) is 8.77. The number of esters is 1. The molecule has 5 atom stereocenters. The Balaban J connectivity index is 1.63. The highest BCUT2D eigenvalue weighted by molar-refractivity contribution is 5.97. The molecule has 3 aliphatic rings. The maximum atomic E-state index is 13.9. The number of hydrogen-bond acceptors (Lipinski definition) is 5. The second-order valence-electron chi connectivity index (χ2n) is 10.7. The van der Waals surface area contributed by atoms with Crippen molar-refractivity contribution in [3.05, 3.63) is 65.5 Å². The third kappa shape index (κ3) is 4.22. The first-order valence-corrected chi connectivity index (χ1v) is 13.1. The molecule has 2 aromatic rings. The fourth-order valence-corrected chi connectivity index (χ4v) is 6.91. The highest BCUT2D eigenvalue weighted by Crippen LogP contribution is 2.59. The number of amides is 3. The summed E-state index contributed by atoms with van der Waals surface area (Å²) in [6.07, 6.45) is 1.69. The molecular formula is C29H34FN3O5. The molecule has 0 bridgehead atoms. The molecule has 1 unspecified atom stereocenters. The van der Waals surface area contributed by atoms with E-state index in [4.69, 9.17) is 9.57 Å². The third-order valence-corrected chi connectivity index (χ3v) is 8.77. The van der Waals surface area contributed by atoms with Crippen molar-refractivity contribution in [2.75, 3.05) is 32.2 Å². The number of benzene rings is 2. The first-order chi connectivity index (χ1) is 18.2.